The van der Waals surface area contributed by atoms with Crippen LogP contribution in [0.5, 0.6) is 5.75 Å². The second-order valence-electron chi connectivity index (χ2n) is 5.46. The SMILES string of the molecule is CN=C(NCCC(F)(F)F)N1CCC(Oc2ccccc2)CC1.I. The first kappa shape index (κ1) is 20.9. The number of halogens is 4. The number of piperidine rings is 1. The molecule has 4 nitrogen and oxygen atoms in total. The van der Waals surface area contributed by atoms with Gasteiger partial charge in [-0.25, -0.2) is 0 Å². The first-order valence-electron chi connectivity index (χ1n) is 7.72. The molecule has 0 amide bonds. The van der Waals surface area contributed by atoms with Crippen molar-refractivity contribution in [1.29, 1.82) is 0 Å². The number of rotatable bonds is 4. The van der Waals surface area contributed by atoms with Crippen LogP contribution < -0.4 is 10.1 Å². The number of ether oxygens (including phenoxy) is 1. The number of hydrogen-bond acceptors (Lipinski definition) is 2. The van der Waals surface area contributed by atoms with Gasteiger partial charge in [0.25, 0.3) is 0 Å². The standard InChI is InChI=1S/C16H22F3N3O.HI/c1-20-15(21-10-9-16(17,18)19)22-11-7-14(8-12-22)23-13-5-3-2-4-6-13;/h2-6,14H,7-12H2,1H3,(H,20,21);1H. The van der Waals surface area contributed by atoms with Crippen LogP contribution in [0.2, 0.25) is 0 Å². The molecule has 1 aromatic rings. The third-order valence-corrected chi connectivity index (χ3v) is 3.69. The zero-order valence-corrected chi connectivity index (χ0v) is 15.9. The van der Waals surface area contributed by atoms with Crippen molar-refractivity contribution in [3.05, 3.63) is 30.3 Å². The van der Waals surface area contributed by atoms with E-state index in [2.05, 4.69) is 10.3 Å². The predicted molar refractivity (Wildman–Crippen MR) is 99.1 cm³/mol. The second kappa shape index (κ2) is 9.95. The summed E-state index contributed by atoms with van der Waals surface area (Å²) in [5.74, 6) is 1.37. The number of para-hydroxylation sites is 1. The van der Waals surface area contributed by atoms with Crippen molar-refractivity contribution in [2.45, 2.75) is 31.5 Å². The van der Waals surface area contributed by atoms with E-state index in [9.17, 15) is 13.2 Å². The lowest BCUT2D eigenvalue weighted by Crippen LogP contribution is -2.48. The van der Waals surface area contributed by atoms with Gasteiger partial charge in [-0.1, -0.05) is 18.2 Å². The molecule has 0 aromatic heterocycles. The van der Waals surface area contributed by atoms with Gasteiger partial charge in [0, 0.05) is 39.5 Å². The molecule has 1 aliphatic rings. The first-order chi connectivity index (χ1) is 11.0. The average molecular weight is 457 g/mol. The van der Waals surface area contributed by atoms with Gasteiger partial charge in [0.15, 0.2) is 5.96 Å². The van der Waals surface area contributed by atoms with Crippen LogP contribution in [-0.2, 0) is 0 Å². The molecule has 1 heterocycles. The molecule has 0 radical (unpaired) electrons. The summed E-state index contributed by atoms with van der Waals surface area (Å²) in [5.41, 5.74) is 0. The van der Waals surface area contributed by atoms with Crippen LogP contribution in [0.25, 0.3) is 0 Å². The number of guanidine groups is 1. The molecule has 0 aliphatic carbocycles. The fraction of sp³-hybridized carbons (Fsp3) is 0.562. The van der Waals surface area contributed by atoms with Gasteiger partial charge >= 0.3 is 6.18 Å². The third-order valence-electron chi connectivity index (χ3n) is 3.69. The monoisotopic (exact) mass is 457 g/mol. The van der Waals surface area contributed by atoms with Gasteiger partial charge < -0.3 is 15.0 Å². The van der Waals surface area contributed by atoms with Gasteiger partial charge in [0.2, 0.25) is 0 Å². The summed E-state index contributed by atoms with van der Waals surface area (Å²) in [4.78, 5) is 6.04. The van der Waals surface area contributed by atoms with E-state index in [0.717, 1.165) is 18.6 Å². The van der Waals surface area contributed by atoms with Crippen LogP contribution in [0.15, 0.2) is 35.3 Å². The van der Waals surface area contributed by atoms with E-state index in [1.165, 1.54) is 0 Å². The van der Waals surface area contributed by atoms with E-state index in [0.29, 0.717) is 19.0 Å². The number of hydrogen-bond donors (Lipinski definition) is 1. The molecule has 1 aromatic carbocycles. The maximum Gasteiger partial charge on any atom is 0.390 e. The lowest BCUT2D eigenvalue weighted by atomic mass is 10.1. The largest absolute Gasteiger partial charge is 0.490 e. The third kappa shape index (κ3) is 7.14. The average Bonchev–Trinajstić information content (AvgIpc) is 2.53. The Morgan fingerprint density at radius 2 is 1.88 bits per heavy atom. The number of likely N-dealkylation sites (tertiary alicyclic amines) is 1. The maximum atomic E-state index is 12.2. The van der Waals surface area contributed by atoms with Crippen LogP contribution >= 0.6 is 24.0 Å². The number of aliphatic imine (C=N–C) groups is 1. The molecule has 2 rings (SSSR count). The molecular formula is C16H23F3IN3O. The Morgan fingerprint density at radius 1 is 1.25 bits per heavy atom. The second-order valence-corrected chi connectivity index (χ2v) is 5.46. The fourth-order valence-electron chi connectivity index (χ4n) is 2.53. The molecule has 0 atom stereocenters. The summed E-state index contributed by atoms with van der Waals surface area (Å²) in [6.45, 7) is 1.27. The van der Waals surface area contributed by atoms with E-state index >= 15 is 0 Å². The Kier molecular flexibility index (Phi) is 8.65. The van der Waals surface area contributed by atoms with E-state index in [-0.39, 0.29) is 36.6 Å². The molecule has 0 spiro atoms. The lowest BCUT2D eigenvalue weighted by Gasteiger charge is -2.34. The molecule has 24 heavy (non-hydrogen) atoms. The normalized spacial score (nSPS) is 16.5. The summed E-state index contributed by atoms with van der Waals surface area (Å²) in [5, 5.41) is 2.78. The van der Waals surface area contributed by atoms with Crippen molar-refractivity contribution < 1.29 is 17.9 Å². The lowest BCUT2D eigenvalue weighted by molar-refractivity contribution is -0.132. The van der Waals surface area contributed by atoms with Gasteiger partial charge in [-0.2, -0.15) is 13.2 Å². The molecule has 0 bridgehead atoms. The summed E-state index contributed by atoms with van der Waals surface area (Å²) in [7, 11) is 1.59. The van der Waals surface area contributed by atoms with Crippen LogP contribution in [0.1, 0.15) is 19.3 Å². The van der Waals surface area contributed by atoms with Crippen molar-refractivity contribution in [3.8, 4) is 5.75 Å². The van der Waals surface area contributed by atoms with Crippen LogP contribution in [0.3, 0.4) is 0 Å². The maximum absolute atomic E-state index is 12.2. The van der Waals surface area contributed by atoms with Gasteiger partial charge in [-0.05, 0) is 12.1 Å². The summed E-state index contributed by atoms with van der Waals surface area (Å²) in [6.07, 6.45) is -3.26. The highest BCUT2D eigenvalue weighted by Crippen LogP contribution is 2.20. The highest BCUT2D eigenvalue weighted by molar-refractivity contribution is 14.0. The highest BCUT2D eigenvalue weighted by atomic mass is 127. The summed E-state index contributed by atoms with van der Waals surface area (Å²) >= 11 is 0. The van der Waals surface area contributed by atoms with Gasteiger partial charge in [0.05, 0.1) is 6.42 Å². The molecule has 1 aliphatic heterocycles. The fourth-order valence-corrected chi connectivity index (χ4v) is 2.53. The van der Waals surface area contributed by atoms with Crippen LogP contribution in [0, 0.1) is 0 Å². The van der Waals surface area contributed by atoms with Crippen molar-refractivity contribution in [2.75, 3.05) is 26.7 Å². The molecule has 1 N–H and O–H groups in total. The molecule has 8 heteroatoms. The number of nitrogens with one attached hydrogen (secondary N) is 1. The molecule has 0 saturated carbocycles. The minimum absolute atomic E-state index is 0. The topological polar surface area (TPSA) is 36.9 Å². The van der Waals surface area contributed by atoms with Crippen molar-refractivity contribution >= 4 is 29.9 Å². The number of alkyl halides is 3. The van der Waals surface area contributed by atoms with Gasteiger partial charge in [-0.3, -0.25) is 4.99 Å². The summed E-state index contributed by atoms with van der Waals surface area (Å²) < 4.78 is 42.5. The molecular weight excluding hydrogens is 434 g/mol. The zero-order chi connectivity index (χ0) is 16.7. The van der Waals surface area contributed by atoms with Gasteiger partial charge in [-0.15, -0.1) is 24.0 Å². The van der Waals surface area contributed by atoms with Crippen molar-refractivity contribution in [2.24, 2.45) is 4.99 Å². The quantitative estimate of drug-likeness (QED) is 0.426. The van der Waals surface area contributed by atoms with Crippen LogP contribution in [-0.4, -0.2) is 49.8 Å². The van der Waals surface area contributed by atoms with Crippen molar-refractivity contribution in [3.63, 3.8) is 0 Å². The molecule has 0 unspecified atom stereocenters. The van der Waals surface area contributed by atoms with Crippen LogP contribution in [0.4, 0.5) is 13.2 Å². The highest BCUT2D eigenvalue weighted by Gasteiger charge is 2.27. The molecule has 136 valence electrons. The van der Waals surface area contributed by atoms with E-state index in [1.807, 2.05) is 35.2 Å². The number of benzene rings is 1. The first-order valence-corrected chi connectivity index (χ1v) is 7.72. The van der Waals surface area contributed by atoms with E-state index in [4.69, 9.17) is 4.74 Å². The van der Waals surface area contributed by atoms with E-state index < -0.39 is 12.6 Å². The Balaban J connectivity index is 0.00000288. The smallest absolute Gasteiger partial charge is 0.390 e. The summed E-state index contributed by atoms with van der Waals surface area (Å²) in [6, 6.07) is 9.63. The Morgan fingerprint density at radius 3 is 2.42 bits per heavy atom. The zero-order valence-electron chi connectivity index (χ0n) is 13.6. The molecule has 1 saturated heterocycles. The van der Waals surface area contributed by atoms with Gasteiger partial charge in [0.1, 0.15) is 11.9 Å². The van der Waals surface area contributed by atoms with Crippen molar-refractivity contribution in [1.82, 2.24) is 10.2 Å². The Labute approximate surface area is 157 Å². The minimum atomic E-state index is -4.15. The minimum Gasteiger partial charge on any atom is -0.490 e. The Bertz CT molecular complexity index is 503. The molecule has 1 fully saturated rings. The van der Waals surface area contributed by atoms with E-state index in [1.54, 1.807) is 7.05 Å². The Hall–Kier alpha value is -1.19. The number of nitrogens with zero attached hydrogens (tertiary/aromatic N) is 2. The predicted octanol–water partition coefficient (Wildman–Crippen LogP) is 3.68.